The smallest absolute Gasteiger partial charge is 0.270 e. The van der Waals surface area contributed by atoms with Crippen LogP contribution in [0.25, 0.3) is 0 Å². The van der Waals surface area contributed by atoms with Crippen molar-refractivity contribution in [1.82, 2.24) is 0 Å². The Balaban J connectivity index is 2.41. The summed E-state index contributed by atoms with van der Waals surface area (Å²) in [5.74, 6) is -0.200. The Bertz CT molecular complexity index is 419. The first-order valence-electron chi connectivity index (χ1n) is 3.84. The van der Waals surface area contributed by atoms with Gasteiger partial charge in [-0.2, -0.15) is 10.1 Å². The highest BCUT2D eigenvalue weighted by Crippen LogP contribution is 2.30. The van der Waals surface area contributed by atoms with Crippen molar-refractivity contribution in [2.45, 2.75) is 0 Å². The van der Waals surface area contributed by atoms with Gasteiger partial charge in [-0.05, 0) is 18.2 Å². The third kappa shape index (κ3) is 1.58. The number of hydrogen-bond acceptors (Lipinski definition) is 3. The predicted octanol–water partition coefficient (Wildman–Crippen LogP) is 2.71. The van der Waals surface area contributed by atoms with Gasteiger partial charge in [-0.3, -0.25) is 4.79 Å². The SMILES string of the molecule is O=C1CN=NN1c1ccc(Cl)cc1Cl. The quantitative estimate of drug-likeness (QED) is 0.731. The van der Waals surface area contributed by atoms with Gasteiger partial charge in [-0.25, -0.2) is 0 Å². The van der Waals surface area contributed by atoms with Crippen molar-refractivity contribution in [2.24, 2.45) is 10.3 Å². The minimum Gasteiger partial charge on any atom is -0.270 e. The van der Waals surface area contributed by atoms with E-state index in [-0.39, 0.29) is 12.5 Å². The van der Waals surface area contributed by atoms with Crippen LogP contribution in [0.3, 0.4) is 0 Å². The average Bonchev–Trinajstić information content (AvgIpc) is 2.52. The molecule has 4 nitrogen and oxygen atoms in total. The van der Waals surface area contributed by atoms with Crippen LogP contribution in [0.2, 0.25) is 10.0 Å². The maximum absolute atomic E-state index is 11.3. The van der Waals surface area contributed by atoms with E-state index >= 15 is 0 Å². The molecule has 0 bridgehead atoms. The molecule has 0 saturated carbocycles. The Kier molecular flexibility index (Phi) is 2.39. The third-order valence-corrected chi connectivity index (χ3v) is 2.27. The monoisotopic (exact) mass is 229 g/mol. The molecule has 72 valence electrons. The first-order valence-corrected chi connectivity index (χ1v) is 4.59. The van der Waals surface area contributed by atoms with Gasteiger partial charge < -0.3 is 0 Å². The van der Waals surface area contributed by atoms with E-state index in [1.807, 2.05) is 0 Å². The minimum absolute atomic E-state index is 0.0684. The molecule has 0 radical (unpaired) electrons. The zero-order valence-corrected chi connectivity index (χ0v) is 8.46. The largest absolute Gasteiger partial charge is 0.272 e. The first kappa shape index (κ1) is 9.43. The molecule has 1 aliphatic heterocycles. The fourth-order valence-corrected chi connectivity index (χ4v) is 1.60. The van der Waals surface area contributed by atoms with E-state index in [0.717, 1.165) is 0 Å². The molecule has 1 aromatic rings. The van der Waals surface area contributed by atoms with Gasteiger partial charge in [0.15, 0.2) is 0 Å². The standard InChI is InChI=1S/C8H5Cl2N3O/c9-5-1-2-7(6(10)3-5)13-8(14)4-11-12-13/h1-3H,4H2. The molecule has 1 aromatic carbocycles. The second-order valence-corrected chi connectivity index (χ2v) is 3.53. The summed E-state index contributed by atoms with van der Waals surface area (Å²) in [6, 6.07) is 4.83. The molecule has 0 N–H and O–H groups in total. The topological polar surface area (TPSA) is 45.0 Å². The summed E-state index contributed by atoms with van der Waals surface area (Å²) < 4.78 is 0. The van der Waals surface area contributed by atoms with E-state index in [4.69, 9.17) is 23.2 Å². The molecule has 6 heteroatoms. The van der Waals surface area contributed by atoms with E-state index in [1.54, 1.807) is 18.2 Å². The predicted molar refractivity (Wildman–Crippen MR) is 53.7 cm³/mol. The van der Waals surface area contributed by atoms with Gasteiger partial charge in [-0.1, -0.05) is 28.4 Å². The van der Waals surface area contributed by atoms with Crippen LogP contribution < -0.4 is 5.01 Å². The summed E-state index contributed by atoms with van der Waals surface area (Å²) in [7, 11) is 0. The van der Waals surface area contributed by atoms with Crippen molar-refractivity contribution >= 4 is 34.8 Å². The van der Waals surface area contributed by atoms with Crippen molar-refractivity contribution < 1.29 is 4.79 Å². The van der Waals surface area contributed by atoms with Crippen LogP contribution in [-0.4, -0.2) is 12.5 Å². The molecule has 0 spiro atoms. The lowest BCUT2D eigenvalue weighted by molar-refractivity contribution is -0.116. The fourth-order valence-electron chi connectivity index (χ4n) is 1.11. The highest BCUT2D eigenvalue weighted by atomic mass is 35.5. The Morgan fingerprint density at radius 1 is 1.36 bits per heavy atom. The molecule has 0 atom stereocenters. The number of carbonyl (C=O) groups is 1. The zero-order chi connectivity index (χ0) is 10.1. The first-order chi connectivity index (χ1) is 6.68. The van der Waals surface area contributed by atoms with Crippen LogP contribution in [-0.2, 0) is 4.79 Å². The van der Waals surface area contributed by atoms with E-state index in [1.165, 1.54) is 5.01 Å². The lowest BCUT2D eigenvalue weighted by Gasteiger charge is -2.11. The van der Waals surface area contributed by atoms with Crippen LogP contribution in [0.1, 0.15) is 0 Å². The fraction of sp³-hybridized carbons (Fsp3) is 0.125. The normalized spacial score (nSPS) is 15.3. The molecular formula is C8H5Cl2N3O. The Labute approximate surface area is 90.1 Å². The molecule has 0 unspecified atom stereocenters. The number of anilines is 1. The second kappa shape index (κ2) is 3.55. The molecule has 1 heterocycles. The highest BCUT2D eigenvalue weighted by molar-refractivity contribution is 6.36. The summed E-state index contributed by atoms with van der Waals surface area (Å²) in [4.78, 5) is 11.3. The van der Waals surface area contributed by atoms with Gasteiger partial charge >= 0.3 is 0 Å². The lowest BCUT2D eigenvalue weighted by atomic mass is 10.3. The Morgan fingerprint density at radius 3 is 2.71 bits per heavy atom. The number of halogens is 2. The Hall–Kier alpha value is -1.13. The third-order valence-electron chi connectivity index (χ3n) is 1.73. The molecule has 0 fully saturated rings. The maximum atomic E-state index is 11.3. The van der Waals surface area contributed by atoms with E-state index < -0.39 is 0 Å². The summed E-state index contributed by atoms with van der Waals surface area (Å²) in [5, 5.41) is 9.32. The number of benzene rings is 1. The van der Waals surface area contributed by atoms with Crippen molar-refractivity contribution in [3.8, 4) is 0 Å². The number of nitrogens with zero attached hydrogens (tertiary/aromatic N) is 3. The average molecular weight is 230 g/mol. The lowest BCUT2D eigenvalue weighted by Crippen LogP contribution is -2.22. The molecule has 1 aliphatic rings. The molecule has 14 heavy (non-hydrogen) atoms. The van der Waals surface area contributed by atoms with Gasteiger partial charge in [0, 0.05) is 5.02 Å². The maximum Gasteiger partial charge on any atom is 0.272 e. The molecule has 0 aliphatic carbocycles. The van der Waals surface area contributed by atoms with Gasteiger partial charge in [-0.15, -0.1) is 0 Å². The highest BCUT2D eigenvalue weighted by Gasteiger charge is 2.22. The van der Waals surface area contributed by atoms with Crippen LogP contribution in [0.15, 0.2) is 28.5 Å². The minimum atomic E-state index is -0.200. The summed E-state index contributed by atoms with van der Waals surface area (Å²) in [6.45, 7) is 0.0684. The van der Waals surface area contributed by atoms with Crippen LogP contribution >= 0.6 is 23.2 Å². The molecule has 1 amide bonds. The number of rotatable bonds is 1. The summed E-state index contributed by atoms with van der Waals surface area (Å²) in [6.07, 6.45) is 0. The number of carbonyl (C=O) groups excluding carboxylic acids is 1. The molecule has 2 rings (SSSR count). The second-order valence-electron chi connectivity index (χ2n) is 2.69. The molecule has 0 aromatic heterocycles. The zero-order valence-electron chi connectivity index (χ0n) is 6.94. The molecular weight excluding hydrogens is 225 g/mol. The number of amides is 1. The van der Waals surface area contributed by atoms with Gasteiger partial charge in [0.1, 0.15) is 6.54 Å². The van der Waals surface area contributed by atoms with Crippen LogP contribution in [0, 0.1) is 0 Å². The van der Waals surface area contributed by atoms with Gasteiger partial charge in [0.05, 0.1) is 10.7 Å². The molecule has 0 saturated heterocycles. The summed E-state index contributed by atoms with van der Waals surface area (Å²) >= 11 is 11.6. The van der Waals surface area contributed by atoms with Gasteiger partial charge in [0.25, 0.3) is 5.91 Å². The van der Waals surface area contributed by atoms with Crippen molar-refractivity contribution in [1.29, 1.82) is 0 Å². The van der Waals surface area contributed by atoms with Gasteiger partial charge in [0.2, 0.25) is 0 Å². The van der Waals surface area contributed by atoms with E-state index in [9.17, 15) is 4.79 Å². The van der Waals surface area contributed by atoms with Crippen LogP contribution in [0.5, 0.6) is 0 Å². The summed E-state index contributed by atoms with van der Waals surface area (Å²) in [5.41, 5.74) is 0.502. The number of hydrogen-bond donors (Lipinski definition) is 0. The van der Waals surface area contributed by atoms with E-state index in [2.05, 4.69) is 10.3 Å². The van der Waals surface area contributed by atoms with Crippen molar-refractivity contribution in [3.05, 3.63) is 28.2 Å². The Morgan fingerprint density at radius 2 is 2.14 bits per heavy atom. The van der Waals surface area contributed by atoms with Crippen LogP contribution in [0.4, 0.5) is 5.69 Å². The van der Waals surface area contributed by atoms with Crippen molar-refractivity contribution in [3.63, 3.8) is 0 Å². The van der Waals surface area contributed by atoms with E-state index in [0.29, 0.717) is 15.7 Å². The van der Waals surface area contributed by atoms with Crippen molar-refractivity contribution in [2.75, 3.05) is 11.6 Å².